The first-order valence-corrected chi connectivity index (χ1v) is 9.27. The summed E-state index contributed by atoms with van der Waals surface area (Å²) in [5, 5.41) is 2.96. The van der Waals surface area contributed by atoms with E-state index in [1.807, 2.05) is 30.3 Å². The van der Waals surface area contributed by atoms with Crippen molar-refractivity contribution in [2.45, 2.75) is 57.5 Å². The molecule has 1 aromatic heterocycles. The summed E-state index contributed by atoms with van der Waals surface area (Å²) in [6.07, 6.45) is 4.92. The van der Waals surface area contributed by atoms with E-state index in [1.54, 1.807) is 13.0 Å². The maximum Gasteiger partial charge on any atom is 0.349 e. The van der Waals surface area contributed by atoms with Gasteiger partial charge in [-0.2, -0.15) is 0 Å². The van der Waals surface area contributed by atoms with Crippen LogP contribution in [-0.2, 0) is 12.8 Å². The van der Waals surface area contributed by atoms with Gasteiger partial charge in [0.15, 0.2) is 0 Å². The van der Waals surface area contributed by atoms with Crippen LogP contribution in [0.3, 0.4) is 0 Å². The molecule has 0 aliphatic heterocycles. The third-order valence-corrected chi connectivity index (χ3v) is 5.04. The molecule has 0 saturated heterocycles. The molecule has 1 aromatic carbocycles. The van der Waals surface area contributed by atoms with E-state index in [0.29, 0.717) is 17.7 Å². The molecule has 1 heterocycles. The van der Waals surface area contributed by atoms with Crippen LogP contribution < -0.4 is 16.7 Å². The normalized spacial score (nSPS) is 19.2. The molecule has 0 spiro atoms. The first kappa shape index (κ1) is 21.2. The van der Waals surface area contributed by atoms with Gasteiger partial charge in [0.25, 0.3) is 5.91 Å². The largest absolute Gasteiger partial charge is 0.427 e. The molecule has 1 saturated carbocycles. The molecule has 0 unspecified atom stereocenters. The number of carbonyl (C=O) groups excluding carboxylic acids is 1. The standard InChI is InChI=1S/C21H26N2O3.ClH/c1-14-13-18(12-7-15-5-3-2-4-6-15)26-21(25)19(14)20(24)23-17-10-8-16(22)9-11-17;/h2-6,13,16-17H,7-12,22H2,1H3,(H,23,24);1H. The van der Waals surface area contributed by atoms with Gasteiger partial charge >= 0.3 is 5.63 Å². The van der Waals surface area contributed by atoms with E-state index in [4.69, 9.17) is 10.2 Å². The van der Waals surface area contributed by atoms with Gasteiger partial charge in [-0.05, 0) is 56.2 Å². The minimum Gasteiger partial charge on any atom is -0.427 e. The molecular weight excluding hydrogens is 364 g/mol. The van der Waals surface area contributed by atoms with Gasteiger partial charge in [-0.1, -0.05) is 30.3 Å². The summed E-state index contributed by atoms with van der Waals surface area (Å²) < 4.78 is 5.40. The molecule has 5 nitrogen and oxygen atoms in total. The molecule has 1 fully saturated rings. The molecule has 146 valence electrons. The summed E-state index contributed by atoms with van der Waals surface area (Å²) >= 11 is 0. The molecule has 1 aliphatic rings. The predicted molar refractivity (Wildman–Crippen MR) is 109 cm³/mol. The maximum absolute atomic E-state index is 12.5. The predicted octanol–water partition coefficient (Wildman–Crippen LogP) is 3.15. The number of nitrogens with one attached hydrogen (secondary N) is 1. The van der Waals surface area contributed by atoms with E-state index in [2.05, 4.69) is 5.32 Å². The number of benzene rings is 1. The summed E-state index contributed by atoms with van der Waals surface area (Å²) in [6.45, 7) is 1.79. The molecule has 2 aromatic rings. The Hall–Kier alpha value is -2.11. The lowest BCUT2D eigenvalue weighted by molar-refractivity contribution is 0.0920. The van der Waals surface area contributed by atoms with Crippen LogP contribution in [0.5, 0.6) is 0 Å². The van der Waals surface area contributed by atoms with Crippen molar-refractivity contribution in [2.24, 2.45) is 5.73 Å². The topological polar surface area (TPSA) is 85.3 Å². The Kier molecular flexibility index (Phi) is 7.63. The van der Waals surface area contributed by atoms with Crippen molar-refractivity contribution in [2.75, 3.05) is 0 Å². The van der Waals surface area contributed by atoms with Crippen molar-refractivity contribution >= 4 is 18.3 Å². The molecule has 0 atom stereocenters. The fourth-order valence-corrected chi connectivity index (χ4v) is 3.50. The molecule has 3 N–H and O–H groups in total. The number of amides is 1. The quantitative estimate of drug-likeness (QED) is 0.821. The summed E-state index contributed by atoms with van der Waals surface area (Å²) in [4.78, 5) is 24.9. The van der Waals surface area contributed by atoms with Crippen LogP contribution in [0.1, 0.15) is 52.9 Å². The number of hydrogen-bond donors (Lipinski definition) is 2. The number of hydrogen-bond acceptors (Lipinski definition) is 4. The minimum atomic E-state index is -0.557. The van der Waals surface area contributed by atoms with Gasteiger partial charge in [-0.3, -0.25) is 4.79 Å². The second kappa shape index (κ2) is 9.72. The van der Waals surface area contributed by atoms with Crippen LogP contribution in [0.15, 0.2) is 45.6 Å². The smallest absolute Gasteiger partial charge is 0.349 e. The van der Waals surface area contributed by atoms with Crippen LogP contribution >= 0.6 is 12.4 Å². The van der Waals surface area contributed by atoms with Crippen molar-refractivity contribution in [3.8, 4) is 0 Å². The van der Waals surface area contributed by atoms with Gasteiger partial charge < -0.3 is 15.5 Å². The van der Waals surface area contributed by atoms with Gasteiger partial charge in [0.05, 0.1) is 0 Å². The highest BCUT2D eigenvalue weighted by atomic mass is 35.5. The maximum atomic E-state index is 12.5. The van der Waals surface area contributed by atoms with E-state index in [0.717, 1.165) is 32.1 Å². The Bertz CT molecular complexity index is 812. The molecule has 1 amide bonds. The van der Waals surface area contributed by atoms with Gasteiger partial charge in [0.2, 0.25) is 0 Å². The third-order valence-electron chi connectivity index (χ3n) is 5.04. The molecule has 1 aliphatic carbocycles. The lowest BCUT2D eigenvalue weighted by Gasteiger charge is -2.26. The van der Waals surface area contributed by atoms with Gasteiger partial charge in [-0.15, -0.1) is 12.4 Å². The third kappa shape index (κ3) is 5.68. The van der Waals surface area contributed by atoms with E-state index in [1.165, 1.54) is 5.56 Å². The van der Waals surface area contributed by atoms with Crippen LogP contribution in [-0.4, -0.2) is 18.0 Å². The highest BCUT2D eigenvalue weighted by molar-refractivity contribution is 5.95. The van der Waals surface area contributed by atoms with Gasteiger partial charge in [0, 0.05) is 18.5 Å². The second-order valence-electron chi connectivity index (χ2n) is 7.13. The molecule has 27 heavy (non-hydrogen) atoms. The lowest BCUT2D eigenvalue weighted by Crippen LogP contribution is -2.42. The monoisotopic (exact) mass is 390 g/mol. The van der Waals surface area contributed by atoms with E-state index >= 15 is 0 Å². The Morgan fingerprint density at radius 3 is 2.44 bits per heavy atom. The van der Waals surface area contributed by atoms with Gasteiger partial charge in [0.1, 0.15) is 11.3 Å². The SMILES string of the molecule is Cc1cc(CCc2ccccc2)oc(=O)c1C(=O)NC1CCC(N)CC1.Cl. The molecular formula is C21H27ClN2O3. The van der Waals surface area contributed by atoms with Crippen LogP contribution in [0, 0.1) is 6.92 Å². The zero-order chi connectivity index (χ0) is 18.5. The van der Waals surface area contributed by atoms with Crippen molar-refractivity contribution in [3.63, 3.8) is 0 Å². The average molecular weight is 391 g/mol. The van der Waals surface area contributed by atoms with Gasteiger partial charge in [-0.25, -0.2) is 4.79 Å². The number of aryl methyl sites for hydroxylation is 3. The van der Waals surface area contributed by atoms with E-state index < -0.39 is 5.63 Å². The van der Waals surface area contributed by atoms with E-state index in [9.17, 15) is 9.59 Å². The zero-order valence-electron chi connectivity index (χ0n) is 15.6. The average Bonchev–Trinajstić information content (AvgIpc) is 2.62. The second-order valence-corrected chi connectivity index (χ2v) is 7.13. The first-order valence-electron chi connectivity index (χ1n) is 9.27. The first-order chi connectivity index (χ1) is 12.5. The Morgan fingerprint density at radius 1 is 1.15 bits per heavy atom. The molecule has 6 heteroatoms. The number of nitrogens with two attached hydrogens (primary N) is 1. The Morgan fingerprint density at radius 2 is 1.81 bits per heavy atom. The minimum absolute atomic E-state index is 0. The van der Waals surface area contributed by atoms with Crippen LogP contribution in [0.4, 0.5) is 0 Å². The zero-order valence-corrected chi connectivity index (χ0v) is 16.4. The van der Waals surface area contributed by atoms with Crippen molar-refractivity contribution in [1.29, 1.82) is 0 Å². The summed E-state index contributed by atoms with van der Waals surface area (Å²) in [6, 6.07) is 12.1. The number of carbonyl (C=O) groups is 1. The Balaban J connectivity index is 0.00000261. The number of rotatable bonds is 5. The van der Waals surface area contributed by atoms with Crippen molar-refractivity contribution in [1.82, 2.24) is 5.32 Å². The van der Waals surface area contributed by atoms with Crippen LogP contribution in [0.2, 0.25) is 0 Å². The van der Waals surface area contributed by atoms with Crippen LogP contribution in [0.25, 0.3) is 0 Å². The fraction of sp³-hybridized carbons (Fsp3) is 0.429. The molecule has 3 rings (SSSR count). The molecule has 0 bridgehead atoms. The highest BCUT2D eigenvalue weighted by Crippen LogP contribution is 2.18. The molecule has 0 radical (unpaired) electrons. The summed E-state index contributed by atoms with van der Waals surface area (Å²) in [5.74, 6) is 0.267. The lowest BCUT2D eigenvalue weighted by atomic mass is 9.91. The summed E-state index contributed by atoms with van der Waals surface area (Å²) in [7, 11) is 0. The Labute approximate surface area is 165 Å². The fourth-order valence-electron chi connectivity index (χ4n) is 3.50. The van der Waals surface area contributed by atoms with Crippen molar-refractivity contribution < 1.29 is 9.21 Å². The van der Waals surface area contributed by atoms with E-state index in [-0.39, 0.29) is 36.0 Å². The highest BCUT2D eigenvalue weighted by Gasteiger charge is 2.23. The van der Waals surface area contributed by atoms with Crippen molar-refractivity contribution in [3.05, 3.63) is 69.3 Å². The summed E-state index contributed by atoms with van der Waals surface area (Å²) in [5.41, 5.74) is 7.30. The number of halogens is 1.